The summed E-state index contributed by atoms with van der Waals surface area (Å²) in [7, 11) is 0. The highest BCUT2D eigenvalue weighted by atomic mass is 16.2. The molecule has 1 unspecified atom stereocenters. The Labute approximate surface area is 148 Å². The third kappa shape index (κ3) is 3.91. The van der Waals surface area contributed by atoms with Crippen molar-refractivity contribution in [1.29, 1.82) is 0 Å². The number of anilines is 1. The second kappa shape index (κ2) is 7.37. The van der Waals surface area contributed by atoms with Crippen LogP contribution in [0.1, 0.15) is 55.5 Å². The molecule has 1 aromatic heterocycles. The zero-order valence-corrected chi connectivity index (χ0v) is 15.3. The molecule has 0 aliphatic carbocycles. The van der Waals surface area contributed by atoms with Crippen LogP contribution in [0.4, 0.5) is 5.82 Å². The van der Waals surface area contributed by atoms with Crippen LogP contribution in [-0.2, 0) is 17.6 Å². The molecule has 7 nitrogen and oxygen atoms in total. The summed E-state index contributed by atoms with van der Waals surface area (Å²) in [6.07, 6.45) is 2.87. The Kier molecular flexibility index (Phi) is 5.20. The summed E-state index contributed by atoms with van der Waals surface area (Å²) >= 11 is 0. The normalized spacial score (nSPS) is 20.0. The first-order valence-corrected chi connectivity index (χ1v) is 9.20. The van der Waals surface area contributed by atoms with Gasteiger partial charge in [0.05, 0.1) is 6.04 Å². The van der Waals surface area contributed by atoms with Crippen LogP contribution in [0.3, 0.4) is 0 Å². The molecule has 0 aromatic carbocycles. The molecule has 1 saturated heterocycles. The molecule has 2 aliphatic heterocycles. The van der Waals surface area contributed by atoms with Gasteiger partial charge in [0.1, 0.15) is 17.3 Å². The summed E-state index contributed by atoms with van der Waals surface area (Å²) in [5, 5.41) is 6.28. The van der Waals surface area contributed by atoms with E-state index in [-0.39, 0.29) is 17.9 Å². The highest BCUT2D eigenvalue weighted by Crippen LogP contribution is 2.24. The van der Waals surface area contributed by atoms with Crippen molar-refractivity contribution in [2.45, 2.75) is 52.5 Å². The molecule has 1 aromatic rings. The van der Waals surface area contributed by atoms with Gasteiger partial charge in [-0.3, -0.25) is 9.59 Å². The number of carbonyl (C=O) groups excluding carboxylic acids is 2. The van der Waals surface area contributed by atoms with E-state index >= 15 is 0 Å². The van der Waals surface area contributed by atoms with E-state index < -0.39 is 0 Å². The van der Waals surface area contributed by atoms with Gasteiger partial charge in [0.15, 0.2) is 0 Å². The van der Waals surface area contributed by atoms with Crippen LogP contribution in [-0.4, -0.2) is 52.4 Å². The van der Waals surface area contributed by atoms with Crippen molar-refractivity contribution in [1.82, 2.24) is 20.2 Å². The molecule has 1 fully saturated rings. The largest absolute Gasteiger partial charge is 0.365 e. The van der Waals surface area contributed by atoms with E-state index in [9.17, 15) is 9.59 Å². The van der Waals surface area contributed by atoms with Gasteiger partial charge in [-0.2, -0.15) is 0 Å². The monoisotopic (exact) mass is 345 g/mol. The molecular formula is C18H27N5O2. The Bertz CT molecular complexity index is 674. The van der Waals surface area contributed by atoms with Crippen LogP contribution in [0.2, 0.25) is 0 Å². The zero-order chi connectivity index (χ0) is 18.0. The van der Waals surface area contributed by atoms with Crippen molar-refractivity contribution in [3.8, 4) is 0 Å². The SMILES string of the molecule is CCCN1CC(Nc2nc(CC(C)C)nc3c2CCNC3=O)CC1=O. The molecule has 0 saturated carbocycles. The maximum Gasteiger partial charge on any atom is 0.270 e. The van der Waals surface area contributed by atoms with Crippen LogP contribution in [0.15, 0.2) is 0 Å². The smallest absolute Gasteiger partial charge is 0.270 e. The topological polar surface area (TPSA) is 87.2 Å². The van der Waals surface area contributed by atoms with E-state index in [2.05, 4.69) is 41.4 Å². The number of amides is 2. The van der Waals surface area contributed by atoms with E-state index in [0.717, 1.165) is 30.8 Å². The molecule has 7 heteroatoms. The van der Waals surface area contributed by atoms with Crippen molar-refractivity contribution >= 4 is 17.6 Å². The fourth-order valence-corrected chi connectivity index (χ4v) is 3.46. The number of hydrogen-bond donors (Lipinski definition) is 2. The Hall–Kier alpha value is -2.18. The minimum atomic E-state index is -0.133. The van der Waals surface area contributed by atoms with Crippen LogP contribution >= 0.6 is 0 Å². The second-order valence-electron chi connectivity index (χ2n) is 7.30. The molecule has 0 radical (unpaired) electrons. The molecular weight excluding hydrogens is 318 g/mol. The molecule has 0 bridgehead atoms. The van der Waals surface area contributed by atoms with Crippen LogP contribution in [0, 0.1) is 5.92 Å². The number of rotatable bonds is 6. The average Bonchev–Trinajstić information content (AvgIpc) is 2.88. The number of likely N-dealkylation sites (tertiary alicyclic amines) is 1. The molecule has 3 rings (SSSR count). The fourth-order valence-electron chi connectivity index (χ4n) is 3.46. The van der Waals surface area contributed by atoms with Gasteiger partial charge in [-0.25, -0.2) is 9.97 Å². The average molecular weight is 345 g/mol. The Balaban J connectivity index is 1.86. The van der Waals surface area contributed by atoms with Crippen LogP contribution in [0.5, 0.6) is 0 Å². The maximum absolute atomic E-state index is 12.2. The molecule has 3 heterocycles. The van der Waals surface area contributed by atoms with Gasteiger partial charge in [-0.05, 0) is 18.8 Å². The molecule has 25 heavy (non-hydrogen) atoms. The van der Waals surface area contributed by atoms with Gasteiger partial charge in [0.2, 0.25) is 5.91 Å². The lowest BCUT2D eigenvalue weighted by Gasteiger charge is -2.22. The summed E-state index contributed by atoms with van der Waals surface area (Å²) in [4.78, 5) is 35.4. The zero-order valence-electron chi connectivity index (χ0n) is 15.3. The van der Waals surface area contributed by atoms with Crippen molar-refractivity contribution in [2.75, 3.05) is 25.0 Å². The molecule has 2 aliphatic rings. The Morgan fingerprint density at radius 2 is 2.12 bits per heavy atom. The van der Waals surface area contributed by atoms with Gasteiger partial charge >= 0.3 is 0 Å². The molecule has 0 spiro atoms. The molecule has 1 atom stereocenters. The van der Waals surface area contributed by atoms with Gasteiger partial charge in [-0.15, -0.1) is 0 Å². The van der Waals surface area contributed by atoms with Crippen molar-refractivity contribution in [3.05, 3.63) is 17.1 Å². The van der Waals surface area contributed by atoms with Crippen molar-refractivity contribution < 1.29 is 9.59 Å². The minimum Gasteiger partial charge on any atom is -0.365 e. The van der Waals surface area contributed by atoms with Crippen LogP contribution in [0.25, 0.3) is 0 Å². The summed E-state index contributed by atoms with van der Waals surface area (Å²) in [5.74, 6) is 1.87. The first-order chi connectivity index (χ1) is 12.0. The van der Waals surface area contributed by atoms with Gasteiger partial charge in [0.25, 0.3) is 5.91 Å². The third-order valence-electron chi connectivity index (χ3n) is 4.57. The van der Waals surface area contributed by atoms with E-state index in [0.29, 0.717) is 43.4 Å². The minimum absolute atomic E-state index is 0.0370. The predicted molar refractivity (Wildman–Crippen MR) is 95.5 cm³/mol. The van der Waals surface area contributed by atoms with Crippen molar-refractivity contribution in [3.63, 3.8) is 0 Å². The number of aromatic nitrogens is 2. The predicted octanol–water partition coefficient (Wildman–Crippen LogP) is 1.38. The third-order valence-corrected chi connectivity index (χ3v) is 4.57. The lowest BCUT2D eigenvalue weighted by molar-refractivity contribution is -0.127. The van der Waals surface area contributed by atoms with Gasteiger partial charge in [-0.1, -0.05) is 20.8 Å². The maximum atomic E-state index is 12.2. The lowest BCUT2D eigenvalue weighted by atomic mass is 10.0. The quantitative estimate of drug-likeness (QED) is 0.813. The standard InChI is InChI=1S/C18H27N5O2/c1-4-7-23-10-12(9-15(23)24)20-17-13-5-6-19-18(25)16(13)21-14(22-17)8-11(2)3/h11-12H,4-10H2,1-3H3,(H,19,25)(H,20,21,22). The van der Waals surface area contributed by atoms with E-state index in [1.165, 1.54) is 0 Å². The number of nitrogens with zero attached hydrogens (tertiary/aromatic N) is 3. The van der Waals surface area contributed by atoms with E-state index in [4.69, 9.17) is 0 Å². The number of fused-ring (bicyclic) bond motifs is 1. The Morgan fingerprint density at radius 3 is 2.84 bits per heavy atom. The molecule has 136 valence electrons. The summed E-state index contributed by atoms with van der Waals surface area (Å²) < 4.78 is 0. The first kappa shape index (κ1) is 17.6. The Morgan fingerprint density at radius 1 is 1.32 bits per heavy atom. The lowest BCUT2D eigenvalue weighted by Crippen LogP contribution is -2.35. The number of hydrogen-bond acceptors (Lipinski definition) is 5. The summed E-state index contributed by atoms with van der Waals surface area (Å²) in [6.45, 7) is 8.37. The van der Waals surface area contributed by atoms with E-state index in [1.807, 2.05) is 4.90 Å². The highest BCUT2D eigenvalue weighted by molar-refractivity contribution is 5.96. The highest BCUT2D eigenvalue weighted by Gasteiger charge is 2.31. The fraction of sp³-hybridized carbons (Fsp3) is 0.667. The van der Waals surface area contributed by atoms with Gasteiger partial charge < -0.3 is 15.5 Å². The van der Waals surface area contributed by atoms with Crippen molar-refractivity contribution in [2.24, 2.45) is 5.92 Å². The second-order valence-corrected chi connectivity index (χ2v) is 7.30. The van der Waals surface area contributed by atoms with E-state index in [1.54, 1.807) is 0 Å². The van der Waals surface area contributed by atoms with Crippen LogP contribution < -0.4 is 10.6 Å². The summed E-state index contributed by atoms with van der Waals surface area (Å²) in [6, 6.07) is 0.0370. The first-order valence-electron chi connectivity index (χ1n) is 9.20. The number of carbonyl (C=O) groups is 2. The van der Waals surface area contributed by atoms with Gasteiger partial charge in [0, 0.05) is 38.0 Å². The molecule has 2 amide bonds. The summed E-state index contributed by atoms with van der Waals surface area (Å²) in [5.41, 5.74) is 1.35. The molecule has 2 N–H and O–H groups in total. The number of nitrogens with one attached hydrogen (secondary N) is 2.